The lowest BCUT2D eigenvalue weighted by Crippen LogP contribution is -2.17. The molecule has 4 nitrogen and oxygen atoms in total. The predicted octanol–water partition coefficient (Wildman–Crippen LogP) is 3.30. The molecule has 0 atom stereocenters. The van der Waals surface area contributed by atoms with Gasteiger partial charge in [-0.3, -0.25) is 4.79 Å². The Bertz CT molecular complexity index is 612. The number of aromatic nitrogens is 2. The molecule has 0 aliphatic rings. The van der Waals surface area contributed by atoms with Gasteiger partial charge < -0.3 is 5.32 Å². The van der Waals surface area contributed by atoms with Gasteiger partial charge in [0.1, 0.15) is 4.60 Å². The Labute approximate surface area is 122 Å². The molecule has 0 aliphatic carbocycles. The van der Waals surface area contributed by atoms with E-state index in [9.17, 15) is 4.79 Å². The van der Waals surface area contributed by atoms with E-state index in [0.29, 0.717) is 25.9 Å². The van der Waals surface area contributed by atoms with Crippen LogP contribution in [0.4, 0.5) is 0 Å². The minimum Gasteiger partial charge on any atom is -0.355 e. The van der Waals surface area contributed by atoms with Gasteiger partial charge in [-0.25, -0.2) is 4.68 Å². The van der Waals surface area contributed by atoms with Crippen molar-refractivity contribution in [3.63, 3.8) is 0 Å². The number of halogens is 3. The molecule has 0 spiro atoms. The summed E-state index contributed by atoms with van der Waals surface area (Å²) in [4.78, 5) is 11.6. The second-order valence-electron chi connectivity index (χ2n) is 3.44. The first-order valence-electron chi connectivity index (χ1n) is 4.95. The van der Waals surface area contributed by atoms with E-state index < -0.39 is 0 Å². The van der Waals surface area contributed by atoms with Gasteiger partial charge in [0.15, 0.2) is 0 Å². The van der Waals surface area contributed by atoms with Crippen LogP contribution in [0.15, 0.2) is 29.0 Å². The van der Waals surface area contributed by atoms with Crippen molar-refractivity contribution in [2.45, 2.75) is 0 Å². The normalized spacial score (nSPS) is 10.4. The Kier molecular flexibility index (Phi) is 3.94. The van der Waals surface area contributed by atoms with Gasteiger partial charge in [0.05, 0.1) is 22.5 Å². The molecular weight excluding hydrogens is 341 g/mol. The predicted molar refractivity (Wildman–Crippen MR) is 74.7 cm³/mol. The molecule has 0 fully saturated rings. The maximum Gasteiger partial charge on any atom is 0.255 e. The number of nitrogens with one attached hydrogen (secondary N) is 1. The zero-order valence-corrected chi connectivity index (χ0v) is 12.3. The van der Waals surface area contributed by atoms with Crippen LogP contribution in [0, 0.1) is 0 Å². The Morgan fingerprint density at radius 3 is 2.78 bits per heavy atom. The van der Waals surface area contributed by atoms with Gasteiger partial charge in [-0.15, -0.1) is 0 Å². The first kappa shape index (κ1) is 13.4. The molecule has 0 saturated heterocycles. The van der Waals surface area contributed by atoms with Gasteiger partial charge in [-0.1, -0.05) is 23.2 Å². The fourth-order valence-corrected chi connectivity index (χ4v) is 2.50. The topological polar surface area (TPSA) is 46.9 Å². The monoisotopic (exact) mass is 347 g/mol. The number of hydrogen-bond acceptors (Lipinski definition) is 2. The summed E-state index contributed by atoms with van der Waals surface area (Å²) in [5.41, 5.74) is 1.08. The summed E-state index contributed by atoms with van der Waals surface area (Å²) in [6.07, 6.45) is 1.47. The molecule has 0 radical (unpaired) electrons. The van der Waals surface area contributed by atoms with E-state index in [-0.39, 0.29) is 5.91 Å². The van der Waals surface area contributed by atoms with Crippen molar-refractivity contribution >= 4 is 45.0 Å². The summed E-state index contributed by atoms with van der Waals surface area (Å²) in [5, 5.41) is 7.65. The van der Waals surface area contributed by atoms with Crippen LogP contribution < -0.4 is 5.32 Å². The van der Waals surface area contributed by atoms with Crippen LogP contribution in [0.3, 0.4) is 0 Å². The number of amides is 1. The zero-order chi connectivity index (χ0) is 13.3. The number of hydrogen-bond donors (Lipinski definition) is 1. The number of nitrogens with zero attached hydrogens (tertiary/aromatic N) is 2. The maximum atomic E-state index is 11.6. The SMILES string of the molecule is CNC(=O)c1cnn(-c2ccc(Cl)cc2Cl)c1Br. The van der Waals surface area contributed by atoms with Crippen LogP contribution in [-0.2, 0) is 0 Å². The molecule has 1 N–H and O–H groups in total. The van der Waals surface area contributed by atoms with E-state index in [1.165, 1.54) is 10.9 Å². The third-order valence-corrected chi connectivity index (χ3v) is 3.62. The molecule has 94 valence electrons. The molecule has 1 aromatic heterocycles. The van der Waals surface area contributed by atoms with Crippen molar-refractivity contribution in [3.8, 4) is 5.69 Å². The van der Waals surface area contributed by atoms with Crippen LogP contribution in [0.1, 0.15) is 10.4 Å². The Morgan fingerprint density at radius 2 is 2.17 bits per heavy atom. The molecule has 18 heavy (non-hydrogen) atoms. The van der Waals surface area contributed by atoms with Crippen LogP contribution >= 0.6 is 39.1 Å². The van der Waals surface area contributed by atoms with Gasteiger partial charge in [0.25, 0.3) is 5.91 Å². The lowest BCUT2D eigenvalue weighted by atomic mass is 10.3. The molecule has 0 saturated carbocycles. The second-order valence-corrected chi connectivity index (χ2v) is 5.03. The average Bonchev–Trinajstić information content (AvgIpc) is 2.70. The van der Waals surface area contributed by atoms with Crippen LogP contribution in [0.25, 0.3) is 5.69 Å². The summed E-state index contributed by atoms with van der Waals surface area (Å²) >= 11 is 15.3. The summed E-state index contributed by atoms with van der Waals surface area (Å²) in [7, 11) is 1.56. The standard InChI is InChI=1S/C11H8BrCl2N3O/c1-15-11(18)7-5-16-17(10(7)12)9-3-2-6(13)4-8(9)14/h2-5H,1H3,(H,15,18). The van der Waals surface area contributed by atoms with Gasteiger partial charge in [-0.2, -0.15) is 5.10 Å². The van der Waals surface area contributed by atoms with E-state index in [2.05, 4.69) is 26.3 Å². The van der Waals surface area contributed by atoms with Crippen molar-refractivity contribution in [1.29, 1.82) is 0 Å². The molecule has 2 aromatic rings. The third kappa shape index (κ3) is 2.39. The zero-order valence-electron chi connectivity index (χ0n) is 9.25. The Balaban J connectivity index is 2.52. The molecule has 7 heteroatoms. The summed E-state index contributed by atoms with van der Waals surface area (Å²) < 4.78 is 2.06. The van der Waals surface area contributed by atoms with E-state index >= 15 is 0 Å². The second kappa shape index (κ2) is 5.30. The smallest absolute Gasteiger partial charge is 0.255 e. The van der Waals surface area contributed by atoms with Gasteiger partial charge in [-0.05, 0) is 34.1 Å². The Hall–Kier alpha value is -1.04. The number of carbonyl (C=O) groups is 1. The lowest BCUT2D eigenvalue weighted by molar-refractivity contribution is 0.0962. The minimum absolute atomic E-state index is 0.224. The highest BCUT2D eigenvalue weighted by molar-refractivity contribution is 9.10. The molecule has 2 rings (SSSR count). The molecule has 0 aliphatic heterocycles. The minimum atomic E-state index is -0.224. The first-order valence-corrected chi connectivity index (χ1v) is 6.50. The van der Waals surface area contributed by atoms with E-state index in [0.717, 1.165) is 0 Å². The number of rotatable bonds is 2. The number of benzene rings is 1. The van der Waals surface area contributed by atoms with Crippen molar-refractivity contribution < 1.29 is 4.79 Å². The highest BCUT2D eigenvalue weighted by atomic mass is 79.9. The largest absolute Gasteiger partial charge is 0.355 e. The van der Waals surface area contributed by atoms with Crippen LogP contribution in [-0.4, -0.2) is 22.7 Å². The van der Waals surface area contributed by atoms with E-state index in [1.54, 1.807) is 25.2 Å². The highest BCUT2D eigenvalue weighted by Gasteiger charge is 2.16. The fraction of sp³-hybridized carbons (Fsp3) is 0.0909. The van der Waals surface area contributed by atoms with E-state index in [4.69, 9.17) is 23.2 Å². The quantitative estimate of drug-likeness (QED) is 0.905. The molecule has 1 heterocycles. The third-order valence-electron chi connectivity index (χ3n) is 2.32. The van der Waals surface area contributed by atoms with Gasteiger partial charge in [0.2, 0.25) is 0 Å². The van der Waals surface area contributed by atoms with Crippen molar-refractivity contribution in [2.75, 3.05) is 7.05 Å². The Morgan fingerprint density at radius 1 is 1.44 bits per heavy atom. The molecule has 0 unspecified atom stereocenters. The molecule has 0 bridgehead atoms. The lowest BCUT2D eigenvalue weighted by Gasteiger charge is -2.06. The van der Waals surface area contributed by atoms with Crippen molar-refractivity contribution in [2.24, 2.45) is 0 Å². The van der Waals surface area contributed by atoms with Crippen molar-refractivity contribution in [3.05, 3.63) is 44.6 Å². The van der Waals surface area contributed by atoms with Crippen LogP contribution in [0.2, 0.25) is 10.0 Å². The van der Waals surface area contributed by atoms with Crippen molar-refractivity contribution in [1.82, 2.24) is 15.1 Å². The van der Waals surface area contributed by atoms with Crippen LogP contribution in [0.5, 0.6) is 0 Å². The average molecular weight is 349 g/mol. The summed E-state index contributed by atoms with van der Waals surface area (Å²) in [6.45, 7) is 0. The van der Waals surface area contributed by atoms with E-state index in [1.807, 2.05) is 0 Å². The maximum absolute atomic E-state index is 11.6. The molecular formula is C11H8BrCl2N3O. The summed E-state index contributed by atoms with van der Waals surface area (Å²) in [6, 6.07) is 5.05. The highest BCUT2D eigenvalue weighted by Crippen LogP contribution is 2.28. The first-order chi connectivity index (χ1) is 8.54. The summed E-state index contributed by atoms with van der Waals surface area (Å²) in [5.74, 6) is -0.224. The fourth-order valence-electron chi connectivity index (χ4n) is 1.44. The van der Waals surface area contributed by atoms with Gasteiger partial charge >= 0.3 is 0 Å². The molecule has 1 aromatic carbocycles. The number of carbonyl (C=O) groups excluding carboxylic acids is 1. The van der Waals surface area contributed by atoms with Gasteiger partial charge in [0, 0.05) is 12.1 Å². The molecule has 1 amide bonds.